The molecule has 1 aliphatic carbocycles. The first-order valence-electron chi connectivity index (χ1n) is 10.4. The first-order chi connectivity index (χ1) is 15.2. The number of carbonyl (C=O) groups is 1. The minimum Gasteiger partial charge on any atom is -0.497 e. The molecule has 0 saturated heterocycles. The second-order valence-electron chi connectivity index (χ2n) is 7.98. The predicted octanol–water partition coefficient (Wildman–Crippen LogP) is 2.65. The van der Waals surface area contributed by atoms with Crippen LogP contribution in [0.1, 0.15) is 24.8 Å². The summed E-state index contributed by atoms with van der Waals surface area (Å²) in [4.78, 5) is 13.2. The number of anilines is 2. The van der Waals surface area contributed by atoms with Crippen molar-refractivity contribution in [1.82, 2.24) is 4.90 Å². The van der Waals surface area contributed by atoms with E-state index in [4.69, 9.17) is 15.6 Å². The number of ether oxygens (including phenoxy) is 1. The highest BCUT2D eigenvalue weighted by Gasteiger charge is 2.28. The Morgan fingerprint density at radius 2 is 1.94 bits per heavy atom. The van der Waals surface area contributed by atoms with Crippen LogP contribution in [0.4, 0.5) is 11.4 Å². The maximum absolute atomic E-state index is 12.4. The van der Waals surface area contributed by atoms with Gasteiger partial charge in [-0.25, -0.2) is 4.31 Å². The van der Waals surface area contributed by atoms with E-state index in [1.54, 1.807) is 42.5 Å². The number of methoxy groups -OCH3 is 1. The van der Waals surface area contributed by atoms with Crippen LogP contribution in [0.5, 0.6) is 5.75 Å². The fourth-order valence-electron chi connectivity index (χ4n) is 3.56. The number of carboxylic acids is 1. The van der Waals surface area contributed by atoms with Gasteiger partial charge in [0.2, 0.25) is 0 Å². The molecule has 1 aliphatic rings. The van der Waals surface area contributed by atoms with Gasteiger partial charge in [0.1, 0.15) is 11.8 Å². The predicted molar refractivity (Wildman–Crippen MR) is 121 cm³/mol. The fraction of sp³-hybridized carbons (Fsp3) is 0.409. The van der Waals surface area contributed by atoms with Crippen molar-refractivity contribution < 1.29 is 27.6 Å². The van der Waals surface area contributed by atoms with Crippen molar-refractivity contribution >= 4 is 27.6 Å². The number of nitrogens with zero attached hydrogens (tertiary/aromatic N) is 2. The molecule has 3 rings (SSSR count). The Kier molecular flexibility index (Phi) is 7.73. The molecule has 4 N–H and O–H groups in total. The number of para-hydroxylation sites is 1. The van der Waals surface area contributed by atoms with Gasteiger partial charge in [-0.05, 0) is 48.9 Å². The summed E-state index contributed by atoms with van der Waals surface area (Å²) in [5.74, 6) is -0.0572. The van der Waals surface area contributed by atoms with Gasteiger partial charge in [0, 0.05) is 25.7 Å². The van der Waals surface area contributed by atoms with Gasteiger partial charge < -0.3 is 15.6 Å². The average molecular weight is 464 g/mol. The van der Waals surface area contributed by atoms with Gasteiger partial charge in [0.05, 0.1) is 18.5 Å². The Labute approximate surface area is 188 Å². The molecule has 0 spiro atoms. The van der Waals surface area contributed by atoms with Crippen LogP contribution in [-0.4, -0.2) is 55.2 Å². The molecule has 0 bridgehead atoms. The second kappa shape index (κ2) is 10.3. The fourth-order valence-corrected chi connectivity index (χ4v) is 4.37. The highest BCUT2D eigenvalue weighted by Crippen LogP contribution is 2.35. The standard InChI is InChI=1S/C22H29N3O6S/c1-31-19-7-4-6-18(13-19)25(32(28,29)30)21-8-3-2-5-17(21)15-24(14-16-9-10-16)12-11-20(23)22(26)27/h2-8,13,16,20H,9-12,14-15,23H2,1H3,(H,26,27)(H,28,29,30)/t20-/m0/s1. The lowest BCUT2D eigenvalue weighted by molar-refractivity contribution is -0.138. The molecule has 1 atom stereocenters. The van der Waals surface area contributed by atoms with E-state index in [0.717, 1.165) is 23.7 Å². The Bertz CT molecular complexity index is 1040. The van der Waals surface area contributed by atoms with E-state index in [9.17, 15) is 17.8 Å². The molecule has 9 nitrogen and oxygen atoms in total. The monoisotopic (exact) mass is 463 g/mol. The van der Waals surface area contributed by atoms with Crippen LogP contribution in [0, 0.1) is 5.92 Å². The maximum atomic E-state index is 12.4. The molecule has 0 aliphatic heterocycles. The molecule has 0 amide bonds. The Morgan fingerprint density at radius 3 is 2.56 bits per heavy atom. The quantitative estimate of drug-likeness (QED) is 0.409. The summed E-state index contributed by atoms with van der Waals surface area (Å²) in [5.41, 5.74) is 6.91. The van der Waals surface area contributed by atoms with Gasteiger partial charge in [-0.3, -0.25) is 14.2 Å². The van der Waals surface area contributed by atoms with E-state index >= 15 is 0 Å². The Morgan fingerprint density at radius 1 is 1.22 bits per heavy atom. The molecule has 1 saturated carbocycles. The smallest absolute Gasteiger partial charge is 0.364 e. The van der Waals surface area contributed by atoms with Crippen molar-refractivity contribution in [1.29, 1.82) is 0 Å². The van der Waals surface area contributed by atoms with E-state index in [1.165, 1.54) is 13.2 Å². The lowest BCUT2D eigenvalue weighted by Crippen LogP contribution is -2.36. The summed E-state index contributed by atoms with van der Waals surface area (Å²) in [6.07, 6.45) is 2.51. The molecule has 174 valence electrons. The molecule has 1 fully saturated rings. The number of rotatable bonds is 12. The van der Waals surface area contributed by atoms with E-state index in [2.05, 4.69) is 4.90 Å². The van der Waals surface area contributed by atoms with Crippen LogP contribution >= 0.6 is 0 Å². The number of hydrogen-bond donors (Lipinski definition) is 3. The van der Waals surface area contributed by atoms with Crippen molar-refractivity contribution in [2.45, 2.75) is 31.8 Å². The third-order valence-electron chi connectivity index (χ3n) is 5.41. The molecule has 10 heteroatoms. The van der Waals surface area contributed by atoms with Gasteiger partial charge in [-0.1, -0.05) is 24.3 Å². The average Bonchev–Trinajstić information content (AvgIpc) is 3.56. The Balaban J connectivity index is 1.92. The molecule has 0 radical (unpaired) electrons. The van der Waals surface area contributed by atoms with Gasteiger partial charge in [0.15, 0.2) is 0 Å². The molecule has 2 aromatic rings. The summed E-state index contributed by atoms with van der Waals surface area (Å²) in [7, 11) is -3.17. The minimum absolute atomic E-state index is 0.237. The third kappa shape index (κ3) is 6.42. The zero-order valence-corrected chi connectivity index (χ0v) is 18.7. The topological polar surface area (TPSA) is 133 Å². The highest BCUT2D eigenvalue weighted by molar-refractivity contribution is 7.87. The van der Waals surface area contributed by atoms with Crippen molar-refractivity contribution in [3.05, 3.63) is 54.1 Å². The van der Waals surface area contributed by atoms with Crippen molar-refractivity contribution in [2.24, 2.45) is 11.7 Å². The van der Waals surface area contributed by atoms with Crippen molar-refractivity contribution in [2.75, 3.05) is 24.5 Å². The van der Waals surface area contributed by atoms with Gasteiger partial charge >= 0.3 is 16.3 Å². The molecule has 0 unspecified atom stereocenters. The first kappa shape index (κ1) is 24.0. The maximum Gasteiger partial charge on any atom is 0.364 e. The molecule has 2 aromatic carbocycles. The molecule has 32 heavy (non-hydrogen) atoms. The van der Waals surface area contributed by atoms with Gasteiger partial charge in [-0.15, -0.1) is 0 Å². The summed E-state index contributed by atoms with van der Waals surface area (Å²) in [6, 6.07) is 12.4. The molecular formula is C22H29N3O6S. The number of nitrogens with two attached hydrogens (primary N) is 1. The van der Waals surface area contributed by atoms with E-state index < -0.39 is 22.3 Å². The first-order valence-corrected chi connectivity index (χ1v) is 11.8. The van der Waals surface area contributed by atoms with Crippen LogP contribution in [0.15, 0.2) is 48.5 Å². The van der Waals surface area contributed by atoms with E-state index in [-0.39, 0.29) is 12.1 Å². The zero-order chi connectivity index (χ0) is 23.3. The minimum atomic E-state index is -4.64. The summed E-state index contributed by atoms with van der Waals surface area (Å²) in [5, 5.41) is 9.10. The molecular weight excluding hydrogens is 434 g/mol. The Hall–Kier alpha value is -2.66. The number of hydrogen-bond acceptors (Lipinski definition) is 6. The normalized spacial score (nSPS) is 14.9. The zero-order valence-electron chi connectivity index (χ0n) is 17.9. The van der Waals surface area contributed by atoms with Gasteiger partial charge in [0.25, 0.3) is 0 Å². The van der Waals surface area contributed by atoms with Crippen LogP contribution in [0.2, 0.25) is 0 Å². The number of aliphatic carboxylic acids is 1. The number of carboxylic acid groups (broad SMARTS) is 1. The summed E-state index contributed by atoms with van der Waals surface area (Å²) in [6.45, 7) is 1.62. The van der Waals surface area contributed by atoms with E-state index in [1.807, 2.05) is 0 Å². The highest BCUT2D eigenvalue weighted by atomic mass is 32.2. The largest absolute Gasteiger partial charge is 0.497 e. The lowest BCUT2D eigenvalue weighted by Gasteiger charge is -2.28. The third-order valence-corrected chi connectivity index (χ3v) is 6.28. The van der Waals surface area contributed by atoms with Crippen molar-refractivity contribution in [3.8, 4) is 5.75 Å². The van der Waals surface area contributed by atoms with Crippen LogP contribution in [0.25, 0.3) is 0 Å². The number of benzene rings is 2. The molecule has 0 aromatic heterocycles. The summed E-state index contributed by atoms with van der Waals surface area (Å²) < 4.78 is 40.9. The van der Waals surface area contributed by atoms with Gasteiger partial charge in [-0.2, -0.15) is 8.42 Å². The van der Waals surface area contributed by atoms with Crippen LogP contribution in [-0.2, 0) is 21.6 Å². The van der Waals surface area contributed by atoms with Crippen molar-refractivity contribution in [3.63, 3.8) is 0 Å². The second-order valence-corrected chi connectivity index (χ2v) is 9.25. The summed E-state index contributed by atoms with van der Waals surface area (Å²) >= 11 is 0. The lowest BCUT2D eigenvalue weighted by atomic mass is 10.1. The SMILES string of the molecule is COc1cccc(N(c2ccccc2CN(CC[C@H](N)C(=O)O)CC2CC2)S(=O)(=O)O)c1. The van der Waals surface area contributed by atoms with Crippen LogP contribution in [0.3, 0.4) is 0 Å². The molecule has 0 heterocycles. The van der Waals surface area contributed by atoms with Crippen LogP contribution < -0.4 is 14.8 Å². The van der Waals surface area contributed by atoms with E-state index in [0.29, 0.717) is 36.0 Å².